The number of ether oxygens (including phenoxy) is 1. The summed E-state index contributed by atoms with van der Waals surface area (Å²) in [6.07, 6.45) is 1.76. The molecule has 4 aromatic rings. The predicted octanol–water partition coefficient (Wildman–Crippen LogP) is 3.83. The molecule has 0 spiro atoms. The monoisotopic (exact) mass is 433 g/mol. The lowest BCUT2D eigenvalue weighted by Gasteiger charge is -2.20. The minimum atomic E-state index is -0.494. The fourth-order valence-corrected chi connectivity index (χ4v) is 4.34. The standard InChI is InChI=1S/C23H24FN7O/c1-5-31-22-14-8-20(23(25)26-11-14)32-13(3)18-9-15(24)6-7-16(18)21-19(28-30(4)29-21)10-17(22)12(2)27-31/h6-9,11,13H,5,10H2,1-4H3,(H2,25,26). The summed E-state index contributed by atoms with van der Waals surface area (Å²) in [5.41, 5.74) is 12.8. The Morgan fingerprint density at radius 1 is 1.22 bits per heavy atom. The minimum absolute atomic E-state index is 0.275. The number of hydrogen-bond donors (Lipinski definition) is 1. The lowest BCUT2D eigenvalue weighted by Crippen LogP contribution is -2.10. The zero-order valence-electron chi connectivity index (χ0n) is 18.4. The maximum absolute atomic E-state index is 14.3. The van der Waals surface area contributed by atoms with Crippen molar-refractivity contribution in [3.8, 4) is 28.3 Å². The molecule has 1 unspecified atom stereocenters. The van der Waals surface area contributed by atoms with E-state index in [1.807, 2.05) is 31.5 Å². The highest BCUT2D eigenvalue weighted by Crippen LogP contribution is 2.38. The Kier molecular flexibility index (Phi) is 4.69. The molecule has 0 amide bonds. The van der Waals surface area contributed by atoms with Crippen LogP contribution in [0.1, 0.15) is 42.5 Å². The molecule has 0 radical (unpaired) electrons. The fraction of sp³-hybridized carbons (Fsp3) is 0.304. The molecular formula is C23H24FN7O. The van der Waals surface area contributed by atoms with E-state index >= 15 is 0 Å². The van der Waals surface area contributed by atoms with Crippen molar-refractivity contribution in [3.05, 3.63) is 58.8 Å². The van der Waals surface area contributed by atoms with Crippen molar-refractivity contribution in [2.75, 3.05) is 5.73 Å². The number of halogens is 1. The highest BCUT2D eigenvalue weighted by atomic mass is 19.1. The van der Waals surface area contributed by atoms with Crippen LogP contribution in [0.4, 0.5) is 10.2 Å². The van der Waals surface area contributed by atoms with Gasteiger partial charge in [-0.25, -0.2) is 9.37 Å². The number of nitrogens with two attached hydrogens (primary N) is 1. The first-order chi connectivity index (χ1) is 15.4. The van der Waals surface area contributed by atoms with Crippen molar-refractivity contribution in [1.29, 1.82) is 0 Å². The first kappa shape index (κ1) is 20.2. The zero-order chi connectivity index (χ0) is 22.6. The van der Waals surface area contributed by atoms with E-state index in [1.54, 1.807) is 24.1 Å². The maximum atomic E-state index is 14.3. The number of nitrogen functional groups attached to an aromatic ring is 1. The van der Waals surface area contributed by atoms with Crippen molar-refractivity contribution in [2.24, 2.45) is 7.05 Å². The summed E-state index contributed by atoms with van der Waals surface area (Å²) in [5, 5.41) is 14.0. The third-order valence-electron chi connectivity index (χ3n) is 5.84. The molecule has 1 aliphatic rings. The molecule has 0 aliphatic carbocycles. The molecular weight excluding hydrogens is 409 g/mol. The Bertz CT molecular complexity index is 1340. The van der Waals surface area contributed by atoms with Crippen LogP contribution in [-0.2, 0) is 20.0 Å². The Labute approximate surface area is 184 Å². The molecule has 1 aliphatic heterocycles. The van der Waals surface area contributed by atoms with E-state index in [9.17, 15) is 4.39 Å². The van der Waals surface area contributed by atoms with E-state index < -0.39 is 6.10 Å². The predicted molar refractivity (Wildman–Crippen MR) is 119 cm³/mol. The maximum Gasteiger partial charge on any atom is 0.166 e. The van der Waals surface area contributed by atoms with Crippen molar-refractivity contribution >= 4 is 5.82 Å². The SMILES string of the molecule is CCn1nc(C)c2c1-c1cnc(N)c(c1)OC(C)c1cc(F)ccc1-c1nn(C)nc1C2. The topological polar surface area (TPSA) is 96.7 Å². The first-order valence-electron chi connectivity index (χ1n) is 10.5. The second kappa shape index (κ2) is 7.44. The summed E-state index contributed by atoms with van der Waals surface area (Å²) < 4.78 is 22.4. The van der Waals surface area contributed by atoms with E-state index in [0.717, 1.165) is 33.8 Å². The van der Waals surface area contributed by atoms with Gasteiger partial charge in [-0.1, -0.05) is 0 Å². The van der Waals surface area contributed by atoms with Crippen LogP contribution in [-0.4, -0.2) is 29.8 Å². The van der Waals surface area contributed by atoms with Crippen molar-refractivity contribution in [2.45, 2.75) is 39.8 Å². The van der Waals surface area contributed by atoms with E-state index in [0.29, 0.717) is 30.0 Å². The molecule has 4 heterocycles. The molecule has 3 aromatic heterocycles. The van der Waals surface area contributed by atoms with Crippen LogP contribution in [0.25, 0.3) is 22.5 Å². The molecule has 2 N–H and O–H groups in total. The van der Waals surface area contributed by atoms with E-state index in [4.69, 9.17) is 15.6 Å². The molecule has 32 heavy (non-hydrogen) atoms. The largest absolute Gasteiger partial charge is 0.482 e. The number of aryl methyl sites for hydroxylation is 3. The van der Waals surface area contributed by atoms with Gasteiger partial charge in [-0.3, -0.25) is 4.68 Å². The van der Waals surface area contributed by atoms with Gasteiger partial charge in [0, 0.05) is 48.5 Å². The zero-order valence-corrected chi connectivity index (χ0v) is 18.4. The highest BCUT2D eigenvalue weighted by molar-refractivity contribution is 5.71. The highest BCUT2D eigenvalue weighted by Gasteiger charge is 2.26. The molecule has 9 heteroatoms. The van der Waals surface area contributed by atoms with E-state index in [2.05, 4.69) is 15.2 Å². The van der Waals surface area contributed by atoms with Crippen LogP contribution in [0, 0.1) is 12.7 Å². The average molecular weight is 433 g/mol. The van der Waals surface area contributed by atoms with Crippen molar-refractivity contribution < 1.29 is 9.13 Å². The van der Waals surface area contributed by atoms with Gasteiger partial charge in [0.15, 0.2) is 11.6 Å². The fourth-order valence-electron chi connectivity index (χ4n) is 4.34. The van der Waals surface area contributed by atoms with Crippen LogP contribution in [0.2, 0.25) is 0 Å². The Hall–Kier alpha value is -3.75. The summed E-state index contributed by atoms with van der Waals surface area (Å²) in [6.45, 7) is 6.59. The molecule has 0 saturated carbocycles. The first-order valence-corrected chi connectivity index (χ1v) is 10.5. The van der Waals surface area contributed by atoms with Crippen LogP contribution in [0.15, 0.2) is 30.5 Å². The van der Waals surface area contributed by atoms with Gasteiger partial charge in [0.2, 0.25) is 0 Å². The number of benzene rings is 1. The van der Waals surface area contributed by atoms with Gasteiger partial charge >= 0.3 is 0 Å². The van der Waals surface area contributed by atoms with Gasteiger partial charge in [0.1, 0.15) is 17.6 Å². The summed E-state index contributed by atoms with van der Waals surface area (Å²) in [5.74, 6) is 0.369. The summed E-state index contributed by atoms with van der Waals surface area (Å²) in [6, 6.07) is 6.51. The smallest absolute Gasteiger partial charge is 0.166 e. The number of fused-ring (bicyclic) bond motifs is 7. The number of hydrogen-bond acceptors (Lipinski definition) is 6. The lowest BCUT2D eigenvalue weighted by molar-refractivity contribution is 0.227. The van der Waals surface area contributed by atoms with Crippen molar-refractivity contribution in [1.82, 2.24) is 29.8 Å². The molecule has 1 atom stereocenters. The molecule has 2 bridgehead atoms. The Morgan fingerprint density at radius 3 is 2.81 bits per heavy atom. The second-order valence-electron chi connectivity index (χ2n) is 7.99. The van der Waals surface area contributed by atoms with Crippen LogP contribution in [0.5, 0.6) is 5.75 Å². The number of anilines is 1. The molecule has 1 aromatic carbocycles. The molecule has 8 nitrogen and oxygen atoms in total. The molecule has 0 saturated heterocycles. The van der Waals surface area contributed by atoms with E-state index in [-0.39, 0.29) is 11.6 Å². The summed E-state index contributed by atoms with van der Waals surface area (Å²) >= 11 is 0. The number of rotatable bonds is 1. The Balaban J connectivity index is 1.84. The van der Waals surface area contributed by atoms with E-state index in [1.165, 1.54) is 12.1 Å². The van der Waals surface area contributed by atoms with Crippen LogP contribution >= 0.6 is 0 Å². The third kappa shape index (κ3) is 3.21. The Morgan fingerprint density at radius 2 is 2.03 bits per heavy atom. The molecule has 0 fully saturated rings. The van der Waals surface area contributed by atoms with Crippen LogP contribution < -0.4 is 10.5 Å². The van der Waals surface area contributed by atoms with Gasteiger partial charge in [0.25, 0.3) is 0 Å². The van der Waals surface area contributed by atoms with Gasteiger partial charge in [0.05, 0.1) is 17.1 Å². The lowest BCUT2D eigenvalue weighted by atomic mass is 9.95. The quantitative estimate of drug-likeness (QED) is 0.490. The summed E-state index contributed by atoms with van der Waals surface area (Å²) in [7, 11) is 1.78. The average Bonchev–Trinajstić information content (AvgIpc) is 3.28. The van der Waals surface area contributed by atoms with Crippen molar-refractivity contribution in [3.63, 3.8) is 0 Å². The molecule has 5 rings (SSSR count). The molecule has 164 valence electrons. The number of aromatic nitrogens is 6. The van der Waals surface area contributed by atoms with Gasteiger partial charge in [-0.05, 0) is 45.0 Å². The number of nitrogens with zero attached hydrogens (tertiary/aromatic N) is 6. The minimum Gasteiger partial charge on any atom is -0.482 e. The van der Waals surface area contributed by atoms with Gasteiger partial charge in [-0.15, -0.1) is 0 Å². The third-order valence-corrected chi connectivity index (χ3v) is 5.84. The van der Waals surface area contributed by atoms with Crippen LogP contribution in [0.3, 0.4) is 0 Å². The van der Waals surface area contributed by atoms with Gasteiger partial charge in [-0.2, -0.15) is 20.1 Å². The summed E-state index contributed by atoms with van der Waals surface area (Å²) in [4.78, 5) is 5.92. The number of pyridine rings is 1. The van der Waals surface area contributed by atoms with Gasteiger partial charge < -0.3 is 10.5 Å². The normalized spacial score (nSPS) is 15.1. The second-order valence-corrected chi connectivity index (χ2v) is 7.99.